The number of amides is 1. The van der Waals surface area contributed by atoms with Gasteiger partial charge in [-0.2, -0.15) is 10.4 Å². The molecule has 0 radical (unpaired) electrons. The molecular weight excluding hydrogens is 158 g/mol. The fourth-order valence-corrected chi connectivity index (χ4v) is 0.633. The highest BCUT2D eigenvalue weighted by atomic mass is 16.1. The molecule has 0 unspecified atom stereocenters. The van der Waals surface area contributed by atoms with Crippen LogP contribution in [0.3, 0.4) is 0 Å². The summed E-state index contributed by atoms with van der Waals surface area (Å²) in [4.78, 5) is 14.5. The lowest BCUT2D eigenvalue weighted by Crippen LogP contribution is -2.22. The van der Waals surface area contributed by atoms with Gasteiger partial charge >= 0.3 is 0 Å². The Labute approximate surface area is 68.6 Å². The van der Waals surface area contributed by atoms with Crippen molar-refractivity contribution in [3.63, 3.8) is 0 Å². The van der Waals surface area contributed by atoms with Crippen molar-refractivity contribution >= 4 is 5.91 Å². The third-order valence-electron chi connectivity index (χ3n) is 1.16. The summed E-state index contributed by atoms with van der Waals surface area (Å²) in [5, 5.41) is 16.8. The van der Waals surface area contributed by atoms with Gasteiger partial charge in [0.2, 0.25) is 5.91 Å². The Bertz CT molecular complexity index is 285. The van der Waals surface area contributed by atoms with Gasteiger partial charge in [-0.05, 0) is 0 Å². The molecule has 0 saturated heterocycles. The fraction of sp³-hybridized carbons (Fsp3) is 0.333. The van der Waals surface area contributed by atoms with Crippen molar-refractivity contribution in [3.05, 3.63) is 12.2 Å². The molecule has 0 aliphatic carbocycles. The minimum atomic E-state index is -0.311. The average molecular weight is 165 g/mol. The zero-order valence-electron chi connectivity index (χ0n) is 6.24. The van der Waals surface area contributed by atoms with Crippen LogP contribution in [0.5, 0.6) is 0 Å². The lowest BCUT2D eigenvalue weighted by Gasteiger charge is -1.97. The molecular formula is C6H7N5O. The van der Waals surface area contributed by atoms with E-state index < -0.39 is 0 Å². The summed E-state index contributed by atoms with van der Waals surface area (Å²) in [6.45, 7) is 0.278. The summed E-state index contributed by atoms with van der Waals surface area (Å²) in [6.07, 6.45) is 1.22. The number of nitrogens with one attached hydrogen (secondary N) is 2. The van der Waals surface area contributed by atoms with Crippen LogP contribution in [0.1, 0.15) is 12.2 Å². The van der Waals surface area contributed by atoms with Gasteiger partial charge in [0.05, 0.1) is 12.6 Å². The summed E-state index contributed by atoms with van der Waals surface area (Å²) in [6, 6.07) is 1.74. The number of hydrogen-bond donors (Lipinski definition) is 2. The van der Waals surface area contributed by atoms with Crippen molar-refractivity contribution in [3.8, 4) is 6.07 Å². The Hall–Kier alpha value is -1.90. The van der Waals surface area contributed by atoms with Gasteiger partial charge < -0.3 is 5.32 Å². The van der Waals surface area contributed by atoms with Gasteiger partial charge in [0.1, 0.15) is 18.6 Å². The number of nitrogens with zero attached hydrogens (tertiary/aromatic N) is 3. The highest BCUT2D eigenvalue weighted by Crippen LogP contribution is 1.84. The second-order valence-electron chi connectivity index (χ2n) is 2.04. The van der Waals surface area contributed by atoms with Crippen molar-refractivity contribution in [2.75, 3.05) is 0 Å². The van der Waals surface area contributed by atoms with Gasteiger partial charge in [0, 0.05) is 0 Å². The molecule has 0 aliphatic heterocycles. The molecule has 1 aromatic heterocycles. The van der Waals surface area contributed by atoms with Crippen molar-refractivity contribution in [2.24, 2.45) is 0 Å². The predicted octanol–water partition coefficient (Wildman–Crippen LogP) is -0.665. The molecule has 0 spiro atoms. The minimum Gasteiger partial charge on any atom is -0.348 e. The lowest BCUT2D eigenvalue weighted by atomic mass is 10.4. The quantitative estimate of drug-likeness (QED) is 0.621. The third-order valence-corrected chi connectivity index (χ3v) is 1.16. The zero-order valence-corrected chi connectivity index (χ0v) is 6.24. The highest BCUT2D eigenvalue weighted by molar-refractivity contribution is 5.77. The molecule has 2 N–H and O–H groups in total. The summed E-state index contributed by atoms with van der Waals surface area (Å²) in [5.41, 5.74) is 0. The van der Waals surface area contributed by atoms with Crippen LogP contribution in [0, 0.1) is 11.3 Å². The highest BCUT2D eigenvalue weighted by Gasteiger charge is 2.00. The van der Waals surface area contributed by atoms with Crippen LogP contribution in [0.2, 0.25) is 0 Å². The summed E-state index contributed by atoms with van der Waals surface area (Å²) < 4.78 is 0. The van der Waals surface area contributed by atoms with Crippen LogP contribution in [0.4, 0.5) is 0 Å². The molecule has 6 nitrogen and oxygen atoms in total. The fourth-order valence-electron chi connectivity index (χ4n) is 0.633. The Kier molecular flexibility index (Phi) is 2.79. The lowest BCUT2D eigenvalue weighted by molar-refractivity contribution is -0.120. The zero-order chi connectivity index (χ0) is 8.81. The maximum absolute atomic E-state index is 10.7. The van der Waals surface area contributed by atoms with Gasteiger partial charge in [0.15, 0.2) is 0 Å². The van der Waals surface area contributed by atoms with E-state index in [1.54, 1.807) is 6.07 Å². The number of nitriles is 1. The molecule has 1 aromatic rings. The van der Waals surface area contributed by atoms with Gasteiger partial charge in [-0.25, -0.2) is 4.98 Å². The molecule has 1 heterocycles. The van der Waals surface area contributed by atoms with E-state index in [0.29, 0.717) is 5.82 Å². The maximum Gasteiger partial charge on any atom is 0.234 e. The van der Waals surface area contributed by atoms with Crippen LogP contribution < -0.4 is 5.32 Å². The Morgan fingerprint density at radius 3 is 3.25 bits per heavy atom. The van der Waals surface area contributed by atoms with Crippen molar-refractivity contribution in [2.45, 2.75) is 13.0 Å². The second kappa shape index (κ2) is 4.08. The van der Waals surface area contributed by atoms with Gasteiger partial charge in [-0.15, -0.1) is 0 Å². The molecule has 0 atom stereocenters. The molecule has 0 aliphatic rings. The van der Waals surface area contributed by atoms with E-state index in [1.165, 1.54) is 6.33 Å². The smallest absolute Gasteiger partial charge is 0.234 e. The molecule has 6 heteroatoms. The van der Waals surface area contributed by atoms with Crippen LogP contribution in [0.25, 0.3) is 0 Å². The van der Waals surface area contributed by atoms with E-state index in [1.807, 2.05) is 0 Å². The van der Waals surface area contributed by atoms with E-state index in [4.69, 9.17) is 5.26 Å². The van der Waals surface area contributed by atoms with Crippen molar-refractivity contribution in [1.29, 1.82) is 5.26 Å². The second-order valence-corrected chi connectivity index (χ2v) is 2.04. The molecule has 1 rings (SSSR count). The van der Waals surface area contributed by atoms with Crippen LogP contribution >= 0.6 is 0 Å². The number of carbonyl (C=O) groups excluding carboxylic acids is 1. The van der Waals surface area contributed by atoms with Crippen LogP contribution in [0.15, 0.2) is 6.33 Å². The first-order valence-electron chi connectivity index (χ1n) is 3.31. The van der Waals surface area contributed by atoms with E-state index in [0.717, 1.165) is 0 Å². The van der Waals surface area contributed by atoms with Crippen LogP contribution in [-0.4, -0.2) is 21.1 Å². The first kappa shape index (κ1) is 8.20. The Morgan fingerprint density at radius 1 is 1.83 bits per heavy atom. The SMILES string of the molecule is N#CCC(=O)NCc1ncn[nH]1. The number of H-pyrrole nitrogens is 1. The van der Waals surface area contributed by atoms with Gasteiger partial charge in [-0.1, -0.05) is 0 Å². The molecule has 0 fully saturated rings. The molecule has 0 aromatic carbocycles. The van der Waals surface area contributed by atoms with E-state index in [9.17, 15) is 4.79 Å². The summed E-state index contributed by atoms with van der Waals surface area (Å²) in [7, 11) is 0. The summed E-state index contributed by atoms with van der Waals surface area (Å²) in [5.74, 6) is 0.259. The topological polar surface area (TPSA) is 94.5 Å². The minimum absolute atomic E-state index is 0.131. The maximum atomic E-state index is 10.7. The third kappa shape index (κ3) is 2.38. The number of rotatable bonds is 3. The summed E-state index contributed by atoms with van der Waals surface area (Å²) >= 11 is 0. The molecule has 0 saturated carbocycles. The van der Waals surface area contributed by atoms with Gasteiger partial charge in [-0.3, -0.25) is 9.89 Å². The number of aromatic amines is 1. The van der Waals surface area contributed by atoms with E-state index in [2.05, 4.69) is 20.5 Å². The molecule has 62 valence electrons. The predicted molar refractivity (Wildman–Crippen MR) is 38.5 cm³/mol. The standard InChI is InChI=1S/C6H7N5O/c7-2-1-6(12)8-3-5-9-4-10-11-5/h4H,1,3H2,(H,8,12)(H,9,10,11). The average Bonchev–Trinajstić information content (AvgIpc) is 2.53. The largest absolute Gasteiger partial charge is 0.348 e. The van der Waals surface area contributed by atoms with Crippen LogP contribution in [-0.2, 0) is 11.3 Å². The van der Waals surface area contributed by atoms with Crippen molar-refractivity contribution in [1.82, 2.24) is 20.5 Å². The number of aromatic nitrogens is 3. The van der Waals surface area contributed by atoms with Gasteiger partial charge in [0.25, 0.3) is 0 Å². The first-order chi connectivity index (χ1) is 5.83. The molecule has 1 amide bonds. The first-order valence-corrected chi connectivity index (χ1v) is 3.31. The van der Waals surface area contributed by atoms with Crippen molar-refractivity contribution < 1.29 is 4.79 Å². The van der Waals surface area contributed by atoms with E-state index in [-0.39, 0.29) is 18.9 Å². The number of hydrogen-bond acceptors (Lipinski definition) is 4. The Balaban J connectivity index is 2.28. The number of carbonyl (C=O) groups is 1. The Morgan fingerprint density at radius 2 is 2.67 bits per heavy atom. The molecule has 0 bridgehead atoms. The normalized spacial score (nSPS) is 8.92. The van der Waals surface area contributed by atoms with E-state index >= 15 is 0 Å². The monoisotopic (exact) mass is 165 g/mol. The molecule has 12 heavy (non-hydrogen) atoms.